The molecule has 0 heterocycles. The molecule has 6 heteroatoms. The highest BCUT2D eigenvalue weighted by Crippen LogP contribution is 2.15. The number of rotatable bonds is 9. The van der Waals surface area contributed by atoms with Gasteiger partial charge in [-0.2, -0.15) is 0 Å². The summed E-state index contributed by atoms with van der Waals surface area (Å²) in [5.74, 6) is 0.898. The van der Waals surface area contributed by atoms with Crippen LogP contribution in [0.15, 0.2) is 29.3 Å². The molecule has 0 bridgehead atoms. The number of anilines is 1. The minimum atomic E-state index is 0. The maximum atomic E-state index is 5.96. The van der Waals surface area contributed by atoms with Gasteiger partial charge in [0.25, 0.3) is 0 Å². The van der Waals surface area contributed by atoms with Crippen LogP contribution in [0.25, 0.3) is 0 Å². The molecule has 132 valence electrons. The van der Waals surface area contributed by atoms with Crippen molar-refractivity contribution in [1.29, 1.82) is 0 Å². The summed E-state index contributed by atoms with van der Waals surface area (Å²) in [5.41, 5.74) is 7.94. The van der Waals surface area contributed by atoms with Crippen molar-refractivity contribution >= 4 is 35.6 Å². The minimum Gasteiger partial charge on any atom is -0.380 e. The number of aliphatic imine (C=N–C) groups is 1. The molecule has 0 saturated carbocycles. The summed E-state index contributed by atoms with van der Waals surface area (Å²) in [6, 6.07) is 7.90. The molecule has 0 fully saturated rings. The molecule has 0 radical (unpaired) electrons. The number of nitrogens with one attached hydrogen (secondary N) is 1. The molecule has 23 heavy (non-hydrogen) atoms. The van der Waals surface area contributed by atoms with E-state index in [-0.39, 0.29) is 30.1 Å². The van der Waals surface area contributed by atoms with Crippen molar-refractivity contribution in [3.05, 3.63) is 29.8 Å². The monoisotopic (exact) mass is 435 g/mol. The van der Waals surface area contributed by atoms with Gasteiger partial charge in [-0.1, -0.05) is 32.0 Å². The van der Waals surface area contributed by atoms with Gasteiger partial charge in [-0.05, 0) is 25.3 Å². The number of halogens is 1. The van der Waals surface area contributed by atoms with E-state index in [2.05, 4.69) is 24.2 Å². The zero-order chi connectivity index (χ0) is 16.4. The number of methoxy groups -OCH3 is 1. The fourth-order valence-corrected chi connectivity index (χ4v) is 2.24. The number of para-hydroxylation sites is 1. The molecule has 1 atom stereocenters. The standard InChI is InChI=1S/C17H29N3O2.HI/c1-5-22-16(13(2)3)10-11-19-17(18)20-15-9-7-6-8-14(15)12-21-4;/h6-9,13,16H,5,10-12H2,1-4H3,(H3,18,19,20);1H. The molecule has 0 aliphatic carbocycles. The summed E-state index contributed by atoms with van der Waals surface area (Å²) >= 11 is 0. The lowest BCUT2D eigenvalue weighted by Crippen LogP contribution is -2.25. The minimum absolute atomic E-state index is 0. The smallest absolute Gasteiger partial charge is 0.193 e. The molecule has 1 rings (SSSR count). The second-order valence-electron chi connectivity index (χ2n) is 5.51. The van der Waals surface area contributed by atoms with E-state index < -0.39 is 0 Å². The van der Waals surface area contributed by atoms with E-state index in [1.807, 2.05) is 31.2 Å². The van der Waals surface area contributed by atoms with E-state index >= 15 is 0 Å². The highest BCUT2D eigenvalue weighted by atomic mass is 127. The van der Waals surface area contributed by atoms with Crippen molar-refractivity contribution in [3.63, 3.8) is 0 Å². The number of hydrogen-bond donors (Lipinski definition) is 2. The molecular weight excluding hydrogens is 405 g/mol. The predicted molar refractivity (Wildman–Crippen MR) is 108 cm³/mol. The fourth-order valence-electron chi connectivity index (χ4n) is 2.24. The molecule has 5 nitrogen and oxygen atoms in total. The molecule has 0 amide bonds. The molecule has 1 aromatic carbocycles. The summed E-state index contributed by atoms with van der Waals surface area (Å²) < 4.78 is 10.9. The summed E-state index contributed by atoms with van der Waals surface area (Å²) in [7, 11) is 1.67. The highest BCUT2D eigenvalue weighted by molar-refractivity contribution is 14.0. The van der Waals surface area contributed by atoms with Crippen LogP contribution in [0.3, 0.4) is 0 Å². The first-order valence-corrected chi connectivity index (χ1v) is 7.83. The Morgan fingerprint density at radius 2 is 2.00 bits per heavy atom. The van der Waals surface area contributed by atoms with Gasteiger partial charge in [0.05, 0.1) is 12.7 Å². The van der Waals surface area contributed by atoms with E-state index in [1.54, 1.807) is 7.11 Å². The van der Waals surface area contributed by atoms with Crippen LogP contribution in [0.1, 0.15) is 32.8 Å². The van der Waals surface area contributed by atoms with Crippen LogP contribution in [0.4, 0.5) is 5.69 Å². The van der Waals surface area contributed by atoms with Gasteiger partial charge in [-0.3, -0.25) is 4.99 Å². The molecule has 0 aliphatic heterocycles. The predicted octanol–water partition coefficient (Wildman–Crippen LogP) is 3.63. The second kappa shape index (κ2) is 12.5. The zero-order valence-electron chi connectivity index (χ0n) is 14.5. The molecule has 3 N–H and O–H groups in total. The maximum absolute atomic E-state index is 5.96. The van der Waals surface area contributed by atoms with Crippen LogP contribution < -0.4 is 11.1 Å². The van der Waals surface area contributed by atoms with E-state index in [4.69, 9.17) is 15.2 Å². The topological polar surface area (TPSA) is 68.9 Å². The first-order chi connectivity index (χ1) is 10.6. The van der Waals surface area contributed by atoms with Crippen LogP contribution in [0.2, 0.25) is 0 Å². The molecule has 0 aromatic heterocycles. The van der Waals surface area contributed by atoms with Gasteiger partial charge >= 0.3 is 0 Å². The third-order valence-electron chi connectivity index (χ3n) is 3.40. The summed E-state index contributed by atoms with van der Waals surface area (Å²) in [4.78, 5) is 4.39. The molecular formula is C17H30IN3O2. The van der Waals surface area contributed by atoms with Crippen LogP contribution in [-0.4, -0.2) is 32.3 Å². The Kier molecular flexibility index (Phi) is 12.1. The zero-order valence-corrected chi connectivity index (χ0v) is 16.9. The number of guanidine groups is 1. The quantitative estimate of drug-likeness (QED) is 0.353. The van der Waals surface area contributed by atoms with Crippen molar-refractivity contribution < 1.29 is 9.47 Å². The number of hydrogen-bond acceptors (Lipinski definition) is 3. The van der Waals surface area contributed by atoms with Crippen molar-refractivity contribution in [2.24, 2.45) is 16.6 Å². The number of ether oxygens (including phenoxy) is 2. The van der Waals surface area contributed by atoms with Crippen molar-refractivity contribution in [2.75, 3.05) is 25.6 Å². The maximum Gasteiger partial charge on any atom is 0.193 e. The third kappa shape index (κ3) is 8.53. The van der Waals surface area contributed by atoms with Crippen molar-refractivity contribution in [2.45, 2.75) is 39.9 Å². The number of nitrogens with zero attached hydrogens (tertiary/aromatic N) is 1. The molecule has 0 saturated heterocycles. The highest BCUT2D eigenvalue weighted by Gasteiger charge is 2.12. The van der Waals surface area contributed by atoms with Crippen LogP contribution in [0, 0.1) is 5.92 Å². The Balaban J connectivity index is 0.00000484. The Morgan fingerprint density at radius 1 is 1.30 bits per heavy atom. The summed E-state index contributed by atoms with van der Waals surface area (Å²) in [6.07, 6.45) is 1.09. The first kappa shape index (κ1) is 22.1. The average molecular weight is 435 g/mol. The van der Waals surface area contributed by atoms with Crippen LogP contribution >= 0.6 is 24.0 Å². The number of nitrogens with two attached hydrogens (primary N) is 1. The van der Waals surface area contributed by atoms with Gasteiger partial charge in [0, 0.05) is 31.5 Å². The van der Waals surface area contributed by atoms with E-state index in [0.29, 0.717) is 25.0 Å². The van der Waals surface area contributed by atoms with Gasteiger partial charge in [-0.25, -0.2) is 0 Å². The largest absolute Gasteiger partial charge is 0.380 e. The van der Waals surface area contributed by atoms with Crippen LogP contribution in [0.5, 0.6) is 0 Å². The summed E-state index contributed by atoms with van der Waals surface area (Å²) in [5, 5.41) is 3.14. The SMILES string of the molecule is CCOC(CCN=C(N)Nc1ccccc1COC)C(C)C.I. The average Bonchev–Trinajstić information content (AvgIpc) is 2.48. The van der Waals surface area contributed by atoms with Gasteiger partial charge < -0.3 is 20.5 Å². The molecule has 0 aliphatic rings. The Labute approximate surface area is 157 Å². The van der Waals surface area contributed by atoms with Gasteiger partial charge in [0.2, 0.25) is 0 Å². The Bertz CT molecular complexity index is 467. The lowest BCUT2D eigenvalue weighted by atomic mass is 10.0. The van der Waals surface area contributed by atoms with Gasteiger partial charge in [0.15, 0.2) is 5.96 Å². The molecule has 1 unspecified atom stereocenters. The fraction of sp³-hybridized carbons (Fsp3) is 0.588. The normalized spacial score (nSPS) is 12.8. The van der Waals surface area contributed by atoms with E-state index in [1.165, 1.54) is 0 Å². The Morgan fingerprint density at radius 3 is 2.61 bits per heavy atom. The molecule has 1 aromatic rings. The van der Waals surface area contributed by atoms with Gasteiger partial charge in [-0.15, -0.1) is 24.0 Å². The van der Waals surface area contributed by atoms with E-state index in [9.17, 15) is 0 Å². The first-order valence-electron chi connectivity index (χ1n) is 7.83. The lowest BCUT2D eigenvalue weighted by Gasteiger charge is -2.19. The van der Waals surface area contributed by atoms with Crippen molar-refractivity contribution in [1.82, 2.24) is 0 Å². The second-order valence-corrected chi connectivity index (χ2v) is 5.51. The van der Waals surface area contributed by atoms with Crippen molar-refractivity contribution in [3.8, 4) is 0 Å². The van der Waals surface area contributed by atoms with Crippen LogP contribution in [-0.2, 0) is 16.1 Å². The lowest BCUT2D eigenvalue weighted by molar-refractivity contribution is 0.0266. The van der Waals surface area contributed by atoms with E-state index in [0.717, 1.165) is 24.3 Å². The van der Waals surface area contributed by atoms with Gasteiger partial charge in [0.1, 0.15) is 0 Å². The number of benzene rings is 1. The molecule has 0 spiro atoms. The third-order valence-corrected chi connectivity index (χ3v) is 3.40. The summed E-state index contributed by atoms with van der Waals surface area (Å²) in [6.45, 7) is 8.25. The Hall–Kier alpha value is -0.860.